The zero-order chi connectivity index (χ0) is 11.8. The number of benzene rings is 1. The van der Waals surface area contributed by atoms with E-state index in [0.717, 1.165) is 24.3 Å². The summed E-state index contributed by atoms with van der Waals surface area (Å²) in [6.07, 6.45) is 2.26. The highest BCUT2D eigenvalue weighted by atomic mass is 19.1. The van der Waals surface area contributed by atoms with Gasteiger partial charge in [-0.3, -0.25) is 0 Å². The first-order valence-corrected chi connectivity index (χ1v) is 6.11. The van der Waals surface area contributed by atoms with Crippen LogP contribution in [0.3, 0.4) is 0 Å². The zero-order valence-corrected chi connectivity index (χ0v) is 9.83. The van der Waals surface area contributed by atoms with Crippen LogP contribution < -0.4 is 5.32 Å². The number of halogens is 1. The summed E-state index contributed by atoms with van der Waals surface area (Å²) in [5.41, 5.74) is 1.22. The maximum atomic E-state index is 13.5. The number of rotatable bonds is 1. The first-order chi connectivity index (χ1) is 8.24. The molecule has 2 atom stereocenters. The Morgan fingerprint density at radius 2 is 2.29 bits per heavy atom. The van der Waals surface area contributed by atoms with E-state index in [-0.39, 0.29) is 11.9 Å². The van der Waals surface area contributed by atoms with Crippen molar-refractivity contribution >= 4 is 11.0 Å². The minimum Gasteiger partial charge on any atom is -0.341 e. The van der Waals surface area contributed by atoms with Gasteiger partial charge in [0.15, 0.2) is 5.82 Å². The third-order valence-electron chi connectivity index (χ3n) is 3.48. The second-order valence-electron chi connectivity index (χ2n) is 4.89. The van der Waals surface area contributed by atoms with Crippen molar-refractivity contribution in [1.82, 2.24) is 15.3 Å². The second-order valence-corrected chi connectivity index (χ2v) is 4.89. The van der Waals surface area contributed by atoms with Gasteiger partial charge in [-0.15, -0.1) is 0 Å². The molecule has 3 rings (SSSR count). The Balaban J connectivity index is 1.97. The van der Waals surface area contributed by atoms with E-state index in [0.29, 0.717) is 11.4 Å². The van der Waals surface area contributed by atoms with Crippen molar-refractivity contribution in [2.45, 2.75) is 25.8 Å². The number of para-hydroxylation sites is 1. The summed E-state index contributed by atoms with van der Waals surface area (Å²) in [4.78, 5) is 7.59. The summed E-state index contributed by atoms with van der Waals surface area (Å²) in [5, 5.41) is 3.43. The Kier molecular flexibility index (Phi) is 2.59. The fraction of sp³-hybridized carbons (Fsp3) is 0.462. The van der Waals surface area contributed by atoms with Crippen molar-refractivity contribution in [3.63, 3.8) is 0 Å². The number of imidazole rings is 1. The molecule has 1 fully saturated rings. The van der Waals surface area contributed by atoms with Gasteiger partial charge in [0.05, 0.1) is 11.6 Å². The average molecular weight is 233 g/mol. The third kappa shape index (κ3) is 1.93. The molecule has 17 heavy (non-hydrogen) atoms. The van der Waals surface area contributed by atoms with Gasteiger partial charge in [0.2, 0.25) is 0 Å². The summed E-state index contributed by atoms with van der Waals surface area (Å²) in [7, 11) is 0. The van der Waals surface area contributed by atoms with Crippen LogP contribution >= 0.6 is 0 Å². The summed E-state index contributed by atoms with van der Waals surface area (Å²) in [5.74, 6) is 1.30. The number of hydrogen-bond donors (Lipinski definition) is 2. The Morgan fingerprint density at radius 1 is 1.41 bits per heavy atom. The lowest BCUT2D eigenvalue weighted by molar-refractivity contribution is 0.317. The number of nitrogens with one attached hydrogen (secondary N) is 2. The minimum absolute atomic E-state index is 0.227. The maximum Gasteiger partial charge on any atom is 0.151 e. The highest BCUT2D eigenvalue weighted by molar-refractivity contribution is 5.75. The van der Waals surface area contributed by atoms with Gasteiger partial charge >= 0.3 is 0 Å². The molecule has 1 aromatic carbocycles. The molecular weight excluding hydrogens is 217 g/mol. The van der Waals surface area contributed by atoms with Crippen LogP contribution in [0.1, 0.15) is 31.6 Å². The molecule has 3 nitrogen and oxygen atoms in total. The van der Waals surface area contributed by atoms with Crippen LogP contribution in [0.15, 0.2) is 18.2 Å². The number of nitrogens with zero attached hydrogens (tertiary/aromatic N) is 1. The van der Waals surface area contributed by atoms with Crippen LogP contribution in [0.2, 0.25) is 0 Å². The molecule has 0 saturated carbocycles. The number of aromatic nitrogens is 2. The van der Waals surface area contributed by atoms with Gasteiger partial charge in [0, 0.05) is 0 Å². The molecule has 0 spiro atoms. The van der Waals surface area contributed by atoms with Crippen LogP contribution in [0.4, 0.5) is 4.39 Å². The molecule has 0 radical (unpaired) electrons. The zero-order valence-electron chi connectivity index (χ0n) is 9.83. The van der Waals surface area contributed by atoms with Gasteiger partial charge in [-0.1, -0.05) is 13.0 Å². The number of H-pyrrole nitrogens is 1. The Bertz CT molecular complexity index is 534. The van der Waals surface area contributed by atoms with Crippen LogP contribution in [-0.2, 0) is 0 Å². The molecule has 2 unspecified atom stereocenters. The number of piperidine rings is 1. The highest BCUT2D eigenvalue weighted by Crippen LogP contribution is 2.27. The van der Waals surface area contributed by atoms with Crippen molar-refractivity contribution in [1.29, 1.82) is 0 Å². The van der Waals surface area contributed by atoms with Gasteiger partial charge in [-0.2, -0.15) is 0 Å². The maximum absolute atomic E-state index is 13.5. The van der Waals surface area contributed by atoms with Crippen LogP contribution in [0.5, 0.6) is 0 Å². The molecule has 2 N–H and O–H groups in total. The standard InChI is InChI=1S/C13H16FN3/c1-8-5-6-15-11(7-8)13-16-10-4-2-3-9(14)12(10)17-13/h2-4,8,11,15H,5-7H2,1H3,(H,16,17). The van der Waals surface area contributed by atoms with E-state index in [1.165, 1.54) is 12.5 Å². The Labute approximate surface area is 99.4 Å². The van der Waals surface area contributed by atoms with Crippen molar-refractivity contribution in [2.24, 2.45) is 5.92 Å². The van der Waals surface area contributed by atoms with Gasteiger partial charge in [0.25, 0.3) is 0 Å². The SMILES string of the molecule is CC1CCNC(c2nc3c(F)cccc3[nH]2)C1. The molecule has 2 heterocycles. The summed E-state index contributed by atoms with van der Waals surface area (Å²) < 4.78 is 13.5. The van der Waals surface area contributed by atoms with E-state index in [9.17, 15) is 4.39 Å². The van der Waals surface area contributed by atoms with E-state index >= 15 is 0 Å². The van der Waals surface area contributed by atoms with Crippen LogP contribution in [0.25, 0.3) is 11.0 Å². The molecule has 1 aliphatic rings. The quantitative estimate of drug-likeness (QED) is 0.795. The first-order valence-electron chi connectivity index (χ1n) is 6.11. The summed E-state index contributed by atoms with van der Waals surface area (Å²) in [6, 6.07) is 5.24. The number of aromatic amines is 1. The van der Waals surface area contributed by atoms with E-state index in [2.05, 4.69) is 22.2 Å². The van der Waals surface area contributed by atoms with Gasteiger partial charge in [-0.25, -0.2) is 9.37 Å². The molecule has 1 aliphatic heterocycles. The lowest BCUT2D eigenvalue weighted by Crippen LogP contribution is -2.31. The molecule has 0 aliphatic carbocycles. The average Bonchev–Trinajstić information content (AvgIpc) is 2.74. The smallest absolute Gasteiger partial charge is 0.151 e. The van der Waals surface area contributed by atoms with Crippen LogP contribution in [-0.4, -0.2) is 16.5 Å². The van der Waals surface area contributed by atoms with E-state index in [4.69, 9.17) is 0 Å². The molecule has 2 aromatic rings. The Hall–Kier alpha value is -1.42. The molecule has 1 saturated heterocycles. The summed E-state index contributed by atoms with van der Waals surface area (Å²) >= 11 is 0. The molecular formula is C13H16FN3. The second kappa shape index (κ2) is 4.11. The van der Waals surface area contributed by atoms with Crippen molar-refractivity contribution < 1.29 is 4.39 Å². The molecule has 4 heteroatoms. The van der Waals surface area contributed by atoms with Crippen molar-refractivity contribution in [3.8, 4) is 0 Å². The van der Waals surface area contributed by atoms with Gasteiger partial charge in [-0.05, 0) is 37.4 Å². The Morgan fingerprint density at radius 3 is 3.06 bits per heavy atom. The van der Waals surface area contributed by atoms with E-state index in [1.807, 2.05) is 6.07 Å². The van der Waals surface area contributed by atoms with Crippen LogP contribution in [0, 0.1) is 11.7 Å². The third-order valence-corrected chi connectivity index (χ3v) is 3.48. The lowest BCUT2D eigenvalue weighted by atomic mass is 9.94. The van der Waals surface area contributed by atoms with Gasteiger partial charge < -0.3 is 10.3 Å². The minimum atomic E-state index is -0.256. The molecule has 0 bridgehead atoms. The topological polar surface area (TPSA) is 40.7 Å². The van der Waals surface area contributed by atoms with Crippen molar-refractivity contribution in [3.05, 3.63) is 29.8 Å². The van der Waals surface area contributed by atoms with E-state index in [1.54, 1.807) is 6.07 Å². The molecule has 1 aromatic heterocycles. The highest BCUT2D eigenvalue weighted by Gasteiger charge is 2.22. The number of fused-ring (bicyclic) bond motifs is 1. The normalized spacial score (nSPS) is 25.3. The van der Waals surface area contributed by atoms with Crippen molar-refractivity contribution in [2.75, 3.05) is 6.54 Å². The summed E-state index contributed by atoms with van der Waals surface area (Å²) in [6.45, 7) is 3.25. The lowest BCUT2D eigenvalue weighted by Gasteiger charge is -2.26. The fourth-order valence-corrected chi connectivity index (χ4v) is 2.50. The van der Waals surface area contributed by atoms with Gasteiger partial charge in [0.1, 0.15) is 11.3 Å². The predicted molar refractivity (Wildman–Crippen MR) is 65.2 cm³/mol. The predicted octanol–water partition coefficient (Wildman–Crippen LogP) is 2.76. The molecule has 90 valence electrons. The van der Waals surface area contributed by atoms with E-state index < -0.39 is 0 Å². The number of hydrogen-bond acceptors (Lipinski definition) is 2. The molecule has 0 amide bonds. The fourth-order valence-electron chi connectivity index (χ4n) is 2.50. The monoisotopic (exact) mass is 233 g/mol. The first kappa shape index (κ1) is 10.7. The largest absolute Gasteiger partial charge is 0.341 e.